The zero-order valence-electron chi connectivity index (χ0n) is 20.0. The number of fused-ring (bicyclic) bond motifs is 1. The average molecular weight is 528 g/mol. The number of hydrogen-bond acceptors (Lipinski definition) is 3. The molecule has 0 spiro atoms. The summed E-state index contributed by atoms with van der Waals surface area (Å²) in [7, 11) is 1.63. The van der Waals surface area contributed by atoms with Gasteiger partial charge in [-0.1, -0.05) is 46.0 Å². The molecule has 176 valence electrons. The van der Waals surface area contributed by atoms with E-state index in [4.69, 9.17) is 9.72 Å². The zero-order chi connectivity index (χ0) is 24.6. The van der Waals surface area contributed by atoms with E-state index in [1.165, 1.54) is 0 Å². The van der Waals surface area contributed by atoms with Crippen LogP contribution in [0.3, 0.4) is 0 Å². The molecule has 5 rings (SSSR count). The number of aromatic amines is 1. The monoisotopic (exact) mass is 527 g/mol. The molecule has 1 aliphatic heterocycles. The number of benzene rings is 3. The van der Waals surface area contributed by atoms with E-state index in [0.29, 0.717) is 17.7 Å². The standard InChI is InChI=1S/C29H26BrN3O2/c1-19-16-22(30)18-25-26(19)32-28(31-25)29(2)14-7-15-33(29)27(34)24-11-5-4-9-21(24)13-12-20-8-6-10-23(17-20)35-3/h4-6,8-11,16-18H,7,14-15H2,1-3H3,(H,31,32)/t29-/m0/s1. The molecular weight excluding hydrogens is 502 g/mol. The SMILES string of the molecule is COc1cccc(C#Cc2ccccc2C(=O)N2CCC[C@@]2(C)c2nc3c(C)cc(Br)cc3[nH]2)c1. The van der Waals surface area contributed by atoms with Crippen LogP contribution in [0.15, 0.2) is 65.1 Å². The Morgan fingerprint density at radius 2 is 1.97 bits per heavy atom. The van der Waals surface area contributed by atoms with Crippen LogP contribution in [-0.2, 0) is 5.54 Å². The summed E-state index contributed by atoms with van der Waals surface area (Å²) < 4.78 is 6.30. The number of likely N-dealkylation sites (tertiary alicyclic amines) is 1. The van der Waals surface area contributed by atoms with E-state index in [1.807, 2.05) is 59.5 Å². The molecule has 0 unspecified atom stereocenters. The number of rotatable bonds is 3. The first-order valence-electron chi connectivity index (χ1n) is 11.6. The number of halogens is 1. The summed E-state index contributed by atoms with van der Waals surface area (Å²) in [6.07, 6.45) is 1.76. The van der Waals surface area contributed by atoms with Crippen LogP contribution in [0, 0.1) is 18.8 Å². The van der Waals surface area contributed by atoms with Gasteiger partial charge in [-0.3, -0.25) is 4.79 Å². The summed E-state index contributed by atoms with van der Waals surface area (Å²) in [6, 6.07) is 19.3. The summed E-state index contributed by atoms with van der Waals surface area (Å²) in [5.74, 6) is 7.93. The van der Waals surface area contributed by atoms with Gasteiger partial charge in [-0.15, -0.1) is 0 Å². The first kappa shape index (κ1) is 23.2. The van der Waals surface area contributed by atoms with Crippen molar-refractivity contribution in [1.82, 2.24) is 14.9 Å². The van der Waals surface area contributed by atoms with Crippen LogP contribution in [0.25, 0.3) is 11.0 Å². The van der Waals surface area contributed by atoms with Crippen LogP contribution >= 0.6 is 15.9 Å². The van der Waals surface area contributed by atoms with Gasteiger partial charge in [-0.25, -0.2) is 4.98 Å². The van der Waals surface area contributed by atoms with Crippen molar-refractivity contribution in [2.75, 3.05) is 13.7 Å². The number of aromatic nitrogens is 2. The number of nitrogens with zero attached hydrogens (tertiary/aromatic N) is 2. The Bertz CT molecular complexity index is 1500. The normalized spacial score (nSPS) is 17.3. The van der Waals surface area contributed by atoms with Gasteiger partial charge in [0.2, 0.25) is 0 Å². The fourth-order valence-corrected chi connectivity index (χ4v) is 5.37. The van der Waals surface area contributed by atoms with E-state index in [1.54, 1.807) is 7.11 Å². The number of ether oxygens (including phenoxy) is 1. The maximum atomic E-state index is 13.9. The average Bonchev–Trinajstić information content (AvgIpc) is 3.47. The highest BCUT2D eigenvalue weighted by molar-refractivity contribution is 9.10. The predicted octanol–water partition coefficient (Wildman–Crippen LogP) is 6.19. The van der Waals surface area contributed by atoms with Gasteiger partial charge in [0.1, 0.15) is 11.6 Å². The van der Waals surface area contributed by atoms with Gasteiger partial charge in [0.15, 0.2) is 0 Å². The summed E-state index contributed by atoms with van der Waals surface area (Å²) in [5, 5.41) is 0. The van der Waals surface area contributed by atoms with Crippen molar-refractivity contribution in [3.05, 3.63) is 93.2 Å². The van der Waals surface area contributed by atoms with E-state index < -0.39 is 5.54 Å². The fraction of sp³-hybridized carbons (Fsp3) is 0.241. The Labute approximate surface area is 213 Å². The van der Waals surface area contributed by atoms with E-state index in [-0.39, 0.29) is 5.91 Å². The molecule has 1 amide bonds. The summed E-state index contributed by atoms with van der Waals surface area (Å²) >= 11 is 3.57. The number of carbonyl (C=O) groups excluding carboxylic acids is 1. The van der Waals surface area contributed by atoms with Crippen LogP contribution in [0.5, 0.6) is 5.75 Å². The number of nitrogens with one attached hydrogen (secondary N) is 1. The molecule has 0 bridgehead atoms. The van der Waals surface area contributed by atoms with Crippen LogP contribution in [0.1, 0.15) is 52.6 Å². The fourth-order valence-electron chi connectivity index (χ4n) is 4.80. The quantitative estimate of drug-likeness (QED) is 0.323. The second-order valence-corrected chi connectivity index (χ2v) is 9.98. The van der Waals surface area contributed by atoms with Gasteiger partial charge >= 0.3 is 0 Å². The molecule has 5 nitrogen and oxygen atoms in total. The summed E-state index contributed by atoms with van der Waals surface area (Å²) in [4.78, 5) is 24.3. The van der Waals surface area contributed by atoms with Crippen molar-refractivity contribution in [3.8, 4) is 17.6 Å². The highest BCUT2D eigenvalue weighted by Gasteiger charge is 2.44. The van der Waals surface area contributed by atoms with Gasteiger partial charge in [0.05, 0.1) is 29.2 Å². The third-order valence-corrected chi connectivity index (χ3v) is 7.16. The maximum Gasteiger partial charge on any atom is 0.255 e. The number of amides is 1. The molecule has 1 aliphatic rings. The van der Waals surface area contributed by atoms with Crippen molar-refractivity contribution in [2.45, 2.75) is 32.2 Å². The van der Waals surface area contributed by atoms with Gasteiger partial charge in [0.25, 0.3) is 5.91 Å². The highest BCUT2D eigenvalue weighted by Crippen LogP contribution is 2.39. The first-order chi connectivity index (χ1) is 16.9. The predicted molar refractivity (Wildman–Crippen MR) is 142 cm³/mol. The Kier molecular flexibility index (Phi) is 6.12. The Hall–Kier alpha value is -3.56. The van der Waals surface area contributed by atoms with Gasteiger partial charge in [-0.2, -0.15) is 0 Å². The van der Waals surface area contributed by atoms with Crippen molar-refractivity contribution in [2.24, 2.45) is 0 Å². The first-order valence-corrected chi connectivity index (χ1v) is 12.4. The van der Waals surface area contributed by atoms with Crippen LogP contribution in [-0.4, -0.2) is 34.4 Å². The number of carbonyl (C=O) groups is 1. The summed E-state index contributed by atoms with van der Waals surface area (Å²) in [5.41, 5.74) is 4.62. The molecule has 0 radical (unpaired) electrons. The number of imidazole rings is 1. The minimum absolute atomic E-state index is 0.0288. The van der Waals surface area contributed by atoms with Gasteiger partial charge in [-0.05, 0) is 74.7 Å². The Morgan fingerprint density at radius 3 is 2.80 bits per heavy atom. The Morgan fingerprint density at radius 1 is 1.14 bits per heavy atom. The van der Waals surface area contributed by atoms with Gasteiger partial charge in [0, 0.05) is 22.1 Å². The minimum atomic E-state index is -0.525. The van der Waals surface area contributed by atoms with Crippen LogP contribution in [0.4, 0.5) is 0 Å². The Balaban J connectivity index is 1.50. The molecule has 0 aliphatic carbocycles. The summed E-state index contributed by atoms with van der Waals surface area (Å²) in [6.45, 7) is 4.83. The van der Waals surface area contributed by atoms with Crippen molar-refractivity contribution < 1.29 is 9.53 Å². The molecule has 3 aromatic carbocycles. The third kappa shape index (κ3) is 4.33. The second kappa shape index (κ2) is 9.24. The molecule has 35 heavy (non-hydrogen) atoms. The topological polar surface area (TPSA) is 58.2 Å². The lowest BCUT2D eigenvalue weighted by Gasteiger charge is -2.34. The smallest absolute Gasteiger partial charge is 0.255 e. The largest absolute Gasteiger partial charge is 0.497 e. The highest BCUT2D eigenvalue weighted by atomic mass is 79.9. The number of hydrogen-bond donors (Lipinski definition) is 1. The van der Waals surface area contributed by atoms with Gasteiger partial charge < -0.3 is 14.6 Å². The number of aryl methyl sites for hydroxylation is 1. The van der Waals surface area contributed by atoms with Crippen LogP contribution < -0.4 is 4.74 Å². The second-order valence-electron chi connectivity index (χ2n) is 9.07. The number of H-pyrrole nitrogens is 1. The van der Waals surface area contributed by atoms with E-state index in [9.17, 15) is 4.79 Å². The molecule has 1 N–H and O–H groups in total. The molecule has 2 heterocycles. The maximum absolute atomic E-state index is 13.9. The minimum Gasteiger partial charge on any atom is -0.497 e. The lowest BCUT2D eigenvalue weighted by molar-refractivity contribution is 0.0605. The van der Waals surface area contributed by atoms with Crippen molar-refractivity contribution in [3.63, 3.8) is 0 Å². The van der Waals surface area contributed by atoms with E-state index >= 15 is 0 Å². The zero-order valence-corrected chi connectivity index (χ0v) is 21.6. The van der Waals surface area contributed by atoms with E-state index in [0.717, 1.165) is 51.0 Å². The molecule has 1 saturated heterocycles. The molecule has 6 heteroatoms. The molecule has 1 fully saturated rings. The third-order valence-electron chi connectivity index (χ3n) is 6.71. The molecular formula is C29H26BrN3O2. The molecule has 1 atom stereocenters. The van der Waals surface area contributed by atoms with Crippen molar-refractivity contribution in [1.29, 1.82) is 0 Å². The molecule has 0 saturated carbocycles. The molecule has 4 aromatic rings. The van der Waals surface area contributed by atoms with E-state index in [2.05, 4.69) is 52.7 Å². The van der Waals surface area contributed by atoms with Crippen LogP contribution in [0.2, 0.25) is 0 Å². The van der Waals surface area contributed by atoms with Crippen molar-refractivity contribution >= 4 is 32.9 Å². The lowest BCUT2D eigenvalue weighted by Crippen LogP contribution is -2.43. The number of methoxy groups -OCH3 is 1. The lowest BCUT2D eigenvalue weighted by atomic mass is 9.96. The molecule has 1 aromatic heterocycles.